The third kappa shape index (κ3) is 4.22. The molecule has 1 amide bonds. The van der Waals surface area contributed by atoms with Crippen molar-refractivity contribution in [1.82, 2.24) is 10.3 Å². The number of aromatic nitrogens is 1. The van der Waals surface area contributed by atoms with Crippen LogP contribution in [-0.4, -0.2) is 43.2 Å². The summed E-state index contributed by atoms with van der Waals surface area (Å²) in [7, 11) is 0. The zero-order valence-corrected chi connectivity index (χ0v) is 15.9. The van der Waals surface area contributed by atoms with Crippen molar-refractivity contribution in [3.05, 3.63) is 42.1 Å². The largest absolute Gasteiger partial charge is 0.352 e. The second-order valence-electron chi connectivity index (χ2n) is 7.53. The van der Waals surface area contributed by atoms with Gasteiger partial charge in [0.1, 0.15) is 17.8 Å². The van der Waals surface area contributed by atoms with E-state index in [1.165, 1.54) is 6.20 Å². The van der Waals surface area contributed by atoms with Gasteiger partial charge >= 0.3 is 0 Å². The lowest BCUT2D eigenvalue weighted by Crippen LogP contribution is -2.35. The number of anilines is 2. The maximum absolute atomic E-state index is 14.5. The first-order chi connectivity index (χ1) is 14.0. The number of carbonyl (C=O) groups excluding carboxylic acids is 1. The summed E-state index contributed by atoms with van der Waals surface area (Å²) in [6.45, 7) is 2.09. The quantitative estimate of drug-likeness (QED) is 0.819. The van der Waals surface area contributed by atoms with E-state index in [2.05, 4.69) is 15.6 Å². The Kier molecular flexibility index (Phi) is 5.71. The van der Waals surface area contributed by atoms with Crippen LogP contribution in [0.1, 0.15) is 19.3 Å². The third-order valence-electron chi connectivity index (χ3n) is 5.54. The van der Waals surface area contributed by atoms with Crippen LogP contribution in [0.4, 0.5) is 24.7 Å². The summed E-state index contributed by atoms with van der Waals surface area (Å²) >= 11 is 0. The van der Waals surface area contributed by atoms with E-state index < -0.39 is 17.8 Å². The molecular formula is C21H23F3N4O. The first-order valence-electron chi connectivity index (χ1n) is 9.88. The predicted octanol–water partition coefficient (Wildman–Crippen LogP) is 3.51. The van der Waals surface area contributed by atoms with Crippen LogP contribution < -0.4 is 15.5 Å². The molecule has 2 N–H and O–H groups in total. The molecule has 29 heavy (non-hydrogen) atoms. The maximum atomic E-state index is 14.5. The van der Waals surface area contributed by atoms with Gasteiger partial charge in [-0.25, -0.2) is 18.2 Å². The summed E-state index contributed by atoms with van der Waals surface area (Å²) in [6.07, 6.45) is 2.24. The lowest BCUT2D eigenvalue weighted by atomic mass is 9.96. The Morgan fingerprint density at radius 1 is 1.14 bits per heavy atom. The minimum Gasteiger partial charge on any atom is -0.352 e. The zero-order valence-electron chi connectivity index (χ0n) is 15.9. The first-order valence-corrected chi connectivity index (χ1v) is 9.88. The topological polar surface area (TPSA) is 57.3 Å². The molecule has 0 aliphatic carbocycles. The van der Waals surface area contributed by atoms with Gasteiger partial charge in [-0.05, 0) is 56.6 Å². The van der Waals surface area contributed by atoms with Crippen molar-refractivity contribution in [3.63, 3.8) is 0 Å². The maximum Gasteiger partial charge on any atom is 0.227 e. The Morgan fingerprint density at radius 3 is 2.66 bits per heavy atom. The van der Waals surface area contributed by atoms with Crippen LogP contribution in [-0.2, 0) is 4.79 Å². The second-order valence-corrected chi connectivity index (χ2v) is 7.53. The van der Waals surface area contributed by atoms with Crippen molar-refractivity contribution in [2.75, 3.05) is 36.4 Å². The molecule has 0 radical (unpaired) electrons. The SMILES string of the molecule is O=C(Nc1c(-c2cc(F)ccc2F)ccnc1N1CC[C@H](F)C1)C1CCNCC1. The van der Waals surface area contributed by atoms with E-state index in [0.717, 1.165) is 31.3 Å². The van der Waals surface area contributed by atoms with E-state index >= 15 is 0 Å². The molecule has 0 spiro atoms. The van der Waals surface area contributed by atoms with Gasteiger partial charge in [-0.15, -0.1) is 0 Å². The molecule has 154 valence electrons. The molecule has 5 nitrogen and oxygen atoms in total. The highest BCUT2D eigenvalue weighted by Crippen LogP contribution is 2.38. The van der Waals surface area contributed by atoms with Gasteiger partial charge in [-0.2, -0.15) is 0 Å². The van der Waals surface area contributed by atoms with Crippen LogP contribution in [0.5, 0.6) is 0 Å². The molecule has 8 heteroatoms. The van der Waals surface area contributed by atoms with E-state index in [0.29, 0.717) is 42.9 Å². The van der Waals surface area contributed by atoms with Crippen molar-refractivity contribution in [2.45, 2.75) is 25.4 Å². The number of piperidine rings is 1. The third-order valence-corrected chi connectivity index (χ3v) is 5.54. The molecule has 2 saturated heterocycles. The van der Waals surface area contributed by atoms with Gasteiger partial charge in [-0.3, -0.25) is 4.79 Å². The van der Waals surface area contributed by atoms with E-state index in [1.54, 1.807) is 11.0 Å². The number of halogens is 3. The average molecular weight is 404 g/mol. The fourth-order valence-corrected chi connectivity index (χ4v) is 3.96. The molecule has 0 saturated carbocycles. The summed E-state index contributed by atoms with van der Waals surface area (Å²) < 4.78 is 42.2. The van der Waals surface area contributed by atoms with Crippen molar-refractivity contribution >= 4 is 17.4 Å². The van der Waals surface area contributed by atoms with E-state index in [1.807, 2.05) is 0 Å². The van der Waals surface area contributed by atoms with Crippen LogP contribution >= 0.6 is 0 Å². The minimum atomic E-state index is -0.987. The number of nitrogens with zero attached hydrogens (tertiary/aromatic N) is 2. The summed E-state index contributed by atoms with van der Waals surface area (Å²) in [5.41, 5.74) is 0.663. The van der Waals surface area contributed by atoms with Gasteiger partial charge in [-0.1, -0.05) is 0 Å². The molecule has 2 aliphatic heterocycles. The zero-order chi connectivity index (χ0) is 20.4. The fourth-order valence-electron chi connectivity index (χ4n) is 3.96. The predicted molar refractivity (Wildman–Crippen MR) is 106 cm³/mol. The van der Waals surface area contributed by atoms with Crippen molar-refractivity contribution < 1.29 is 18.0 Å². The lowest BCUT2D eigenvalue weighted by molar-refractivity contribution is -0.120. The summed E-state index contributed by atoms with van der Waals surface area (Å²) in [5, 5.41) is 6.12. The Morgan fingerprint density at radius 2 is 1.93 bits per heavy atom. The number of amides is 1. The van der Waals surface area contributed by atoms with Crippen LogP contribution in [0, 0.1) is 17.6 Å². The highest BCUT2D eigenvalue weighted by Gasteiger charge is 2.29. The molecule has 0 bridgehead atoms. The molecule has 1 atom stereocenters. The Bertz CT molecular complexity index is 901. The lowest BCUT2D eigenvalue weighted by Gasteiger charge is -2.26. The number of hydrogen-bond acceptors (Lipinski definition) is 4. The van der Waals surface area contributed by atoms with E-state index in [9.17, 15) is 18.0 Å². The molecule has 2 aliphatic rings. The van der Waals surface area contributed by atoms with Crippen molar-refractivity contribution in [3.8, 4) is 11.1 Å². The van der Waals surface area contributed by atoms with Crippen molar-refractivity contribution in [1.29, 1.82) is 0 Å². The summed E-state index contributed by atoms with van der Waals surface area (Å²) in [4.78, 5) is 19.0. The van der Waals surface area contributed by atoms with Crippen LogP contribution in [0.2, 0.25) is 0 Å². The average Bonchev–Trinajstić information content (AvgIpc) is 3.17. The Balaban J connectivity index is 1.76. The fraction of sp³-hybridized carbons (Fsp3) is 0.429. The van der Waals surface area contributed by atoms with Gasteiger partial charge < -0.3 is 15.5 Å². The highest BCUT2D eigenvalue weighted by atomic mass is 19.1. The Hall–Kier alpha value is -2.61. The van der Waals surface area contributed by atoms with Gasteiger partial charge in [0.05, 0.1) is 12.2 Å². The van der Waals surface area contributed by atoms with Crippen LogP contribution in [0.25, 0.3) is 11.1 Å². The standard InChI is InChI=1S/C21H23F3N4O/c22-14-1-2-18(24)17(11-14)16-5-9-26-20(28-10-6-15(23)12-28)19(16)27-21(29)13-3-7-25-8-4-13/h1-2,5,9,11,13,15,25H,3-4,6-8,10,12H2,(H,27,29)/t15-/m0/s1. The highest BCUT2D eigenvalue weighted by molar-refractivity contribution is 6.00. The number of rotatable bonds is 4. The molecule has 2 aromatic rings. The molecule has 4 rings (SSSR count). The molecule has 3 heterocycles. The van der Waals surface area contributed by atoms with Crippen molar-refractivity contribution in [2.24, 2.45) is 5.92 Å². The number of benzene rings is 1. The van der Waals surface area contributed by atoms with E-state index in [4.69, 9.17) is 0 Å². The van der Waals surface area contributed by atoms with E-state index in [-0.39, 0.29) is 23.9 Å². The first kappa shape index (κ1) is 19.7. The second kappa shape index (κ2) is 8.41. The number of hydrogen-bond donors (Lipinski definition) is 2. The normalized spacial score (nSPS) is 20.1. The Labute approximate surface area is 167 Å². The molecule has 0 unspecified atom stereocenters. The van der Waals surface area contributed by atoms with Gasteiger partial charge in [0.25, 0.3) is 0 Å². The number of alkyl halides is 1. The molecule has 1 aromatic carbocycles. The van der Waals surface area contributed by atoms with Gasteiger partial charge in [0, 0.05) is 29.8 Å². The van der Waals surface area contributed by atoms with Gasteiger partial charge in [0.15, 0.2) is 5.82 Å². The molecular weight excluding hydrogens is 381 g/mol. The number of pyridine rings is 1. The van der Waals surface area contributed by atoms with Gasteiger partial charge in [0.2, 0.25) is 5.91 Å². The molecule has 1 aromatic heterocycles. The summed E-state index contributed by atoms with van der Waals surface area (Å²) in [6, 6.07) is 4.73. The minimum absolute atomic E-state index is 0.0326. The smallest absolute Gasteiger partial charge is 0.227 e. The summed E-state index contributed by atoms with van der Waals surface area (Å²) in [5.74, 6) is -1.17. The number of carbonyl (C=O) groups is 1. The molecule has 2 fully saturated rings. The van der Waals surface area contributed by atoms with Crippen LogP contribution in [0.15, 0.2) is 30.5 Å². The number of nitrogens with one attached hydrogen (secondary N) is 2. The van der Waals surface area contributed by atoms with Crippen LogP contribution in [0.3, 0.4) is 0 Å². The monoisotopic (exact) mass is 404 g/mol.